The van der Waals surface area contributed by atoms with Crippen LogP contribution in [0.2, 0.25) is 0 Å². The van der Waals surface area contributed by atoms with E-state index in [1.54, 1.807) is 24.3 Å². The molecule has 2 aliphatic heterocycles. The van der Waals surface area contributed by atoms with Gasteiger partial charge in [0.05, 0.1) is 12.2 Å². The van der Waals surface area contributed by atoms with E-state index in [-0.39, 0.29) is 6.42 Å². The lowest BCUT2D eigenvalue weighted by atomic mass is 9.76. The number of aromatic nitrogens is 1. The van der Waals surface area contributed by atoms with E-state index in [0.717, 1.165) is 52.3 Å². The van der Waals surface area contributed by atoms with Gasteiger partial charge in [-0.3, -0.25) is 14.7 Å². The van der Waals surface area contributed by atoms with E-state index in [1.807, 2.05) is 31.3 Å². The van der Waals surface area contributed by atoms with Crippen molar-refractivity contribution >= 4 is 22.6 Å². The van der Waals surface area contributed by atoms with E-state index in [0.29, 0.717) is 10.9 Å². The summed E-state index contributed by atoms with van der Waals surface area (Å²) in [4.78, 5) is 33.3. The van der Waals surface area contributed by atoms with Crippen molar-refractivity contribution in [1.82, 2.24) is 20.1 Å². The van der Waals surface area contributed by atoms with Gasteiger partial charge in [0, 0.05) is 37.2 Å². The molecule has 0 saturated carbocycles. The summed E-state index contributed by atoms with van der Waals surface area (Å²) in [6, 6.07) is 12.9. The summed E-state index contributed by atoms with van der Waals surface area (Å²) in [5.41, 5.74) is 1.20. The molecule has 1 aromatic heterocycles. The van der Waals surface area contributed by atoms with Crippen LogP contribution >= 0.6 is 0 Å². The van der Waals surface area contributed by atoms with Crippen molar-refractivity contribution in [2.24, 2.45) is 5.41 Å². The lowest BCUT2D eigenvalue weighted by molar-refractivity contribution is -0.236. The van der Waals surface area contributed by atoms with Crippen LogP contribution in [0.25, 0.3) is 22.0 Å². The van der Waals surface area contributed by atoms with E-state index < -0.39 is 68.2 Å². The first-order valence-electron chi connectivity index (χ1n) is 14.2. The minimum absolute atomic E-state index is 0.306. The Morgan fingerprint density at radius 3 is 2.32 bits per heavy atom. The standard InChI is InChI=1S/C31H32F6N4O3/c1-40-13-10-24-20(17-40)8-9-25(38-24)23-7-3-5-21-19(4-2-6-22(21)23)16-26(27(42)43)39-28(44)29(31(35,36)37)11-14-41(15-12-29)18-30(32,33)34/h2-9,26H,10-18H2,1H3,(H,39,44)(H,42,43)/t26-/m0/s1. The molecule has 44 heavy (non-hydrogen) atoms. The Bertz CT molecular complexity index is 1550. The number of likely N-dealkylation sites (N-methyl/N-ethyl adjacent to an activating group) is 1. The first-order chi connectivity index (χ1) is 20.7. The molecule has 2 aromatic carbocycles. The van der Waals surface area contributed by atoms with Crippen molar-refractivity contribution in [2.45, 2.75) is 50.6 Å². The van der Waals surface area contributed by atoms with E-state index >= 15 is 0 Å². The summed E-state index contributed by atoms with van der Waals surface area (Å²) >= 11 is 0. The first-order valence-corrected chi connectivity index (χ1v) is 14.2. The molecule has 2 N–H and O–H groups in total. The second-order valence-corrected chi connectivity index (χ2v) is 11.6. The zero-order valence-electron chi connectivity index (χ0n) is 23.9. The lowest BCUT2D eigenvalue weighted by Gasteiger charge is -2.42. The highest BCUT2D eigenvalue weighted by molar-refractivity contribution is 5.98. The van der Waals surface area contributed by atoms with Gasteiger partial charge in [-0.15, -0.1) is 0 Å². The average molecular weight is 623 g/mol. The highest BCUT2D eigenvalue weighted by atomic mass is 19.4. The zero-order chi connectivity index (χ0) is 31.9. The van der Waals surface area contributed by atoms with Crippen LogP contribution in [0.15, 0.2) is 48.5 Å². The van der Waals surface area contributed by atoms with E-state index in [4.69, 9.17) is 4.98 Å². The van der Waals surface area contributed by atoms with Crippen LogP contribution in [0.3, 0.4) is 0 Å². The third kappa shape index (κ3) is 6.53. The number of piperidine rings is 1. The monoisotopic (exact) mass is 622 g/mol. The molecule has 0 unspecified atom stereocenters. The number of carboxylic acids is 1. The fourth-order valence-corrected chi connectivity index (χ4v) is 6.19. The van der Waals surface area contributed by atoms with Gasteiger partial charge in [-0.2, -0.15) is 26.3 Å². The molecule has 0 aliphatic carbocycles. The van der Waals surface area contributed by atoms with Crippen molar-refractivity contribution in [1.29, 1.82) is 0 Å². The molecule has 1 atom stereocenters. The van der Waals surface area contributed by atoms with Gasteiger partial charge in [-0.05, 0) is 60.9 Å². The number of aliphatic carboxylic acids is 1. The van der Waals surface area contributed by atoms with Gasteiger partial charge < -0.3 is 15.3 Å². The van der Waals surface area contributed by atoms with Gasteiger partial charge in [0.15, 0.2) is 0 Å². The predicted molar refractivity (Wildman–Crippen MR) is 151 cm³/mol. The first kappa shape index (κ1) is 31.7. The Morgan fingerprint density at radius 1 is 0.977 bits per heavy atom. The fraction of sp³-hybridized carbons (Fsp3) is 0.452. The number of alkyl halides is 6. The SMILES string of the molecule is CN1CCc2nc(-c3cccc4c(C[C@H](NC(=O)C5(C(F)(F)F)CCN(CC(F)(F)F)CC5)C(=O)O)cccc34)ccc2C1. The number of nitrogens with zero attached hydrogens (tertiary/aromatic N) is 3. The predicted octanol–water partition coefficient (Wildman–Crippen LogP) is 5.21. The van der Waals surface area contributed by atoms with Gasteiger partial charge in [0.25, 0.3) is 0 Å². The number of hydrogen-bond acceptors (Lipinski definition) is 5. The third-order valence-corrected chi connectivity index (χ3v) is 8.64. The van der Waals surface area contributed by atoms with E-state index in [9.17, 15) is 41.0 Å². The number of fused-ring (bicyclic) bond motifs is 2. The Labute approximate surface area is 249 Å². The molecule has 3 heterocycles. The molecular weight excluding hydrogens is 590 g/mol. The van der Waals surface area contributed by atoms with Crippen LogP contribution in [0.1, 0.15) is 29.7 Å². The number of pyridine rings is 1. The van der Waals surface area contributed by atoms with E-state index in [1.165, 1.54) is 0 Å². The molecule has 1 fully saturated rings. The van der Waals surface area contributed by atoms with Crippen LogP contribution in [-0.2, 0) is 29.0 Å². The Morgan fingerprint density at radius 2 is 1.66 bits per heavy atom. The van der Waals surface area contributed by atoms with Crippen LogP contribution < -0.4 is 5.32 Å². The summed E-state index contributed by atoms with van der Waals surface area (Å²) in [6.45, 7) is -0.923. The molecular formula is C31H32F6N4O3. The van der Waals surface area contributed by atoms with E-state index in [2.05, 4.69) is 10.2 Å². The van der Waals surface area contributed by atoms with Crippen molar-refractivity contribution in [3.05, 3.63) is 65.4 Å². The maximum Gasteiger partial charge on any atom is 0.403 e. The quantitative estimate of drug-likeness (QED) is 0.352. The van der Waals surface area contributed by atoms with Crippen LogP contribution in [0, 0.1) is 5.41 Å². The van der Waals surface area contributed by atoms with Gasteiger partial charge in [0.1, 0.15) is 11.5 Å². The number of carboxylic acid groups (broad SMARTS) is 1. The maximum absolute atomic E-state index is 14.3. The molecule has 0 radical (unpaired) electrons. The van der Waals surface area contributed by atoms with Gasteiger partial charge in [-0.25, -0.2) is 4.79 Å². The maximum atomic E-state index is 14.3. The highest BCUT2D eigenvalue weighted by Crippen LogP contribution is 2.47. The average Bonchev–Trinajstić information content (AvgIpc) is 2.95. The molecule has 5 rings (SSSR count). The zero-order valence-corrected chi connectivity index (χ0v) is 23.9. The molecule has 1 amide bonds. The number of carbonyl (C=O) groups excluding carboxylic acids is 1. The minimum atomic E-state index is -5.09. The van der Waals surface area contributed by atoms with Crippen molar-refractivity contribution in [3.63, 3.8) is 0 Å². The summed E-state index contributed by atoms with van der Waals surface area (Å²) in [7, 11) is 2.04. The third-order valence-electron chi connectivity index (χ3n) is 8.64. The molecule has 3 aromatic rings. The molecule has 13 heteroatoms. The van der Waals surface area contributed by atoms with Crippen molar-refractivity contribution < 1.29 is 41.0 Å². The minimum Gasteiger partial charge on any atom is -0.480 e. The fourth-order valence-electron chi connectivity index (χ4n) is 6.19. The van der Waals surface area contributed by atoms with Gasteiger partial charge in [0.2, 0.25) is 5.91 Å². The number of likely N-dealkylation sites (tertiary alicyclic amines) is 1. The summed E-state index contributed by atoms with van der Waals surface area (Å²) < 4.78 is 81.2. The molecule has 0 bridgehead atoms. The second-order valence-electron chi connectivity index (χ2n) is 11.6. The summed E-state index contributed by atoms with van der Waals surface area (Å²) in [6.07, 6.45) is -11.0. The van der Waals surface area contributed by atoms with Gasteiger partial charge in [-0.1, -0.05) is 42.5 Å². The van der Waals surface area contributed by atoms with Crippen molar-refractivity contribution in [3.8, 4) is 11.3 Å². The Balaban J connectivity index is 1.40. The molecule has 236 valence electrons. The van der Waals surface area contributed by atoms with Crippen LogP contribution in [0.4, 0.5) is 26.3 Å². The van der Waals surface area contributed by atoms with Gasteiger partial charge >= 0.3 is 18.3 Å². The van der Waals surface area contributed by atoms with Crippen molar-refractivity contribution in [2.75, 3.05) is 33.2 Å². The summed E-state index contributed by atoms with van der Waals surface area (Å²) in [5.74, 6) is -3.08. The normalized spacial score (nSPS) is 18.5. The largest absolute Gasteiger partial charge is 0.480 e. The topological polar surface area (TPSA) is 85.8 Å². The number of carbonyl (C=O) groups is 2. The molecule has 0 spiro atoms. The molecule has 7 nitrogen and oxygen atoms in total. The number of halogens is 6. The van der Waals surface area contributed by atoms with Crippen LogP contribution in [0.5, 0.6) is 0 Å². The Hall–Kier alpha value is -3.71. The van der Waals surface area contributed by atoms with Crippen LogP contribution in [-0.4, -0.2) is 83.4 Å². The highest BCUT2D eigenvalue weighted by Gasteiger charge is 2.61. The number of nitrogens with one attached hydrogen (secondary N) is 1. The Kier molecular flexibility index (Phi) is 8.65. The lowest BCUT2D eigenvalue weighted by Crippen LogP contribution is -2.59. The number of rotatable bonds is 7. The smallest absolute Gasteiger partial charge is 0.403 e. The second kappa shape index (κ2) is 12.0. The number of hydrogen-bond donors (Lipinski definition) is 2. The number of benzene rings is 2. The number of amides is 1. The molecule has 2 aliphatic rings. The molecule has 1 saturated heterocycles. The summed E-state index contributed by atoms with van der Waals surface area (Å²) in [5, 5.41) is 13.4.